The van der Waals surface area contributed by atoms with Gasteiger partial charge in [-0.05, 0) is 68.5 Å². The highest BCUT2D eigenvalue weighted by Gasteiger charge is 2.47. The van der Waals surface area contributed by atoms with E-state index >= 15 is 0 Å². The molecule has 2 N–H and O–H groups in total. The van der Waals surface area contributed by atoms with Gasteiger partial charge >= 0.3 is 0 Å². The number of hydrogen-bond donors (Lipinski definition) is 2. The lowest BCUT2D eigenvalue weighted by Gasteiger charge is -2.49. The van der Waals surface area contributed by atoms with Crippen molar-refractivity contribution in [3.8, 4) is 11.3 Å². The Morgan fingerprint density at radius 2 is 1.96 bits per heavy atom. The van der Waals surface area contributed by atoms with Crippen LogP contribution in [0.3, 0.4) is 0 Å². The lowest BCUT2D eigenvalue weighted by Crippen LogP contribution is -2.48. The fourth-order valence-electron chi connectivity index (χ4n) is 3.86. The van der Waals surface area contributed by atoms with Crippen molar-refractivity contribution in [3.63, 3.8) is 0 Å². The second kappa shape index (κ2) is 5.81. The van der Waals surface area contributed by atoms with E-state index in [1.165, 1.54) is 19.2 Å². The summed E-state index contributed by atoms with van der Waals surface area (Å²) in [5, 5.41) is 6.43. The van der Waals surface area contributed by atoms with Crippen LogP contribution < -0.4 is 10.6 Å². The van der Waals surface area contributed by atoms with E-state index in [0.717, 1.165) is 42.9 Å². The number of rotatable bonds is 3. The van der Waals surface area contributed by atoms with Crippen LogP contribution >= 0.6 is 0 Å². The van der Waals surface area contributed by atoms with Gasteiger partial charge in [-0.1, -0.05) is 0 Å². The van der Waals surface area contributed by atoms with Crippen molar-refractivity contribution < 1.29 is 9.21 Å². The van der Waals surface area contributed by atoms with Crippen LogP contribution in [0, 0.1) is 11.3 Å². The lowest BCUT2D eigenvalue weighted by molar-refractivity contribution is -0.128. The molecule has 5 heteroatoms. The van der Waals surface area contributed by atoms with E-state index in [9.17, 15) is 4.79 Å². The first-order valence-electron chi connectivity index (χ1n) is 8.25. The highest BCUT2D eigenvalue weighted by atomic mass is 16.3. The molecule has 23 heavy (non-hydrogen) atoms. The highest BCUT2D eigenvalue weighted by Crippen LogP contribution is 2.51. The maximum absolute atomic E-state index is 12.4. The van der Waals surface area contributed by atoms with Crippen LogP contribution in [0.4, 0.5) is 5.69 Å². The molecule has 1 saturated carbocycles. The number of aromatic nitrogens is 1. The topological polar surface area (TPSA) is 67.2 Å². The molecule has 4 rings (SSSR count). The number of oxazole rings is 1. The van der Waals surface area contributed by atoms with Crippen molar-refractivity contribution in [2.24, 2.45) is 11.3 Å². The monoisotopic (exact) mass is 311 g/mol. The third kappa shape index (κ3) is 2.88. The Morgan fingerprint density at radius 1 is 1.22 bits per heavy atom. The molecule has 0 bridgehead atoms. The van der Waals surface area contributed by atoms with Crippen LogP contribution in [0.1, 0.15) is 25.7 Å². The molecule has 1 amide bonds. The number of nitrogens with zero attached hydrogens (tertiary/aromatic N) is 1. The van der Waals surface area contributed by atoms with Gasteiger partial charge < -0.3 is 15.1 Å². The van der Waals surface area contributed by atoms with Crippen LogP contribution in [0.25, 0.3) is 11.3 Å². The molecule has 0 unspecified atom stereocenters. The van der Waals surface area contributed by atoms with Crippen LogP contribution in [0.5, 0.6) is 0 Å². The average molecular weight is 311 g/mol. The lowest BCUT2D eigenvalue weighted by atomic mass is 9.57. The molecule has 2 fully saturated rings. The van der Waals surface area contributed by atoms with Crippen LogP contribution in [0.2, 0.25) is 0 Å². The second-order valence-electron chi connectivity index (χ2n) is 6.79. The third-order valence-corrected chi connectivity index (χ3v) is 5.26. The van der Waals surface area contributed by atoms with Crippen molar-refractivity contribution in [1.82, 2.24) is 10.3 Å². The van der Waals surface area contributed by atoms with Gasteiger partial charge in [0.2, 0.25) is 5.91 Å². The van der Waals surface area contributed by atoms with Crippen molar-refractivity contribution in [3.05, 3.63) is 36.9 Å². The average Bonchev–Trinajstić information content (AvgIpc) is 3.08. The van der Waals surface area contributed by atoms with E-state index in [-0.39, 0.29) is 11.8 Å². The molecular weight excluding hydrogens is 290 g/mol. The van der Waals surface area contributed by atoms with Gasteiger partial charge in [0, 0.05) is 17.2 Å². The predicted octanol–water partition coefficient (Wildman–Crippen LogP) is 3.06. The summed E-state index contributed by atoms with van der Waals surface area (Å²) in [6.07, 6.45) is 7.59. The Kier molecular flexibility index (Phi) is 3.65. The van der Waals surface area contributed by atoms with Gasteiger partial charge in [-0.15, -0.1) is 0 Å². The maximum Gasteiger partial charge on any atom is 0.227 e. The molecule has 1 aromatic carbocycles. The summed E-state index contributed by atoms with van der Waals surface area (Å²) in [5.74, 6) is 1.05. The summed E-state index contributed by atoms with van der Waals surface area (Å²) in [4.78, 5) is 16.3. The number of carbonyl (C=O) groups excluding carboxylic acids is 1. The largest absolute Gasteiger partial charge is 0.444 e. The van der Waals surface area contributed by atoms with Crippen molar-refractivity contribution in [1.29, 1.82) is 0 Å². The standard InChI is InChI=1S/C18H21N3O2/c22-17(14-9-18(10-14)5-7-19-8-6-18)21-15-3-1-13(2-4-15)16-11-20-12-23-16/h1-4,11-12,14,19H,5-10H2,(H,21,22). The van der Waals surface area contributed by atoms with Crippen molar-refractivity contribution in [2.75, 3.05) is 18.4 Å². The molecule has 1 aromatic heterocycles. The first-order chi connectivity index (χ1) is 11.2. The summed E-state index contributed by atoms with van der Waals surface area (Å²) in [7, 11) is 0. The smallest absolute Gasteiger partial charge is 0.227 e. The summed E-state index contributed by atoms with van der Waals surface area (Å²) < 4.78 is 5.27. The quantitative estimate of drug-likeness (QED) is 0.914. The zero-order valence-electron chi connectivity index (χ0n) is 13.0. The van der Waals surface area contributed by atoms with E-state index in [1.807, 2.05) is 24.3 Å². The number of benzene rings is 1. The van der Waals surface area contributed by atoms with Gasteiger partial charge in [-0.2, -0.15) is 0 Å². The Balaban J connectivity index is 1.34. The molecule has 1 saturated heterocycles. The predicted molar refractivity (Wildman–Crippen MR) is 87.8 cm³/mol. The van der Waals surface area contributed by atoms with Crippen LogP contribution in [-0.2, 0) is 4.79 Å². The summed E-state index contributed by atoms with van der Waals surface area (Å²) in [5.41, 5.74) is 2.23. The third-order valence-electron chi connectivity index (χ3n) is 5.26. The zero-order chi connectivity index (χ0) is 15.7. The Bertz CT molecular complexity index is 665. The van der Waals surface area contributed by atoms with Gasteiger partial charge in [0.05, 0.1) is 6.20 Å². The molecule has 1 aliphatic heterocycles. The zero-order valence-corrected chi connectivity index (χ0v) is 13.0. The number of amides is 1. The molecule has 2 heterocycles. The van der Waals surface area contributed by atoms with E-state index < -0.39 is 0 Å². The van der Waals surface area contributed by atoms with Crippen LogP contribution in [0.15, 0.2) is 41.3 Å². The summed E-state index contributed by atoms with van der Waals surface area (Å²) >= 11 is 0. The number of hydrogen-bond acceptors (Lipinski definition) is 4. The van der Waals surface area contributed by atoms with E-state index in [1.54, 1.807) is 6.20 Å². The summed E-state index contributed by atoms with van der Waals surface area (Å²) in [6, 6.07) is 7.69. The van der Waals surface area contributed by atoms with Crippen molar-refractivity contribution in [2.45, 2.75) is 25.7 Å². The van der Waals surface area contributed by atoms with Gasteiger partial charge in [-0.3, -0.25) is 4.79 Å². The second-order valence-corrected chi connectivity index (χ2v) is 6.79. The Labute approximate surface area is 135 Å². The fraction of sp³-hybridized carbons (Fsp3) is 0.444. The molecule has 1 aliphatic carbocycles. The first-order valence-corrected chi connectivity index (χ1v) is 8.25. The van der Waals surface area contributed by atoms with Gasteiger partial charge in [0.25, 0.3) is 0 Å². The van der Waals surface area contributed by atoms with Gasteiger partial charge in [0.1, 0.15) is 0 Å². The van der Waals surface area contributed by atoms with E-state index in [0.29, 0.717) is 5.41 Å². The molecule has 0 radical (unpaired) electrons. The minimum atomic E-state index is 0.154. The SMILES string of the molecule is O=C(Nc1ccc(-c2cnco2)cc1)C1CC2(CCNCC2)C1. The minimum absolute atomic E-state index is 0.154. The molecule has 0 atom stereocenters. The fourth-order valence-corrected chi connectivity index (χ4v) is 3.86. The maximum atomic E-state index is 12.4. The van der Waals surface area contributed by atoms with Crippen molar-refractivity contribution >= 4 is 11.6 Å². The normalized spacial score (nSPS) is 20.2. The number of piperidine rings is 1. The van der Waals surface area contributed by atoms with Gasteiger partial charge in [0.15, 0.2) is 12.2 Å². The molecule has 1 spiro atoms. The number of nitrogens with one attached hydrogen (secondary N) is 2. The van der Waals surface area contributed by atoms with E-state index in [4.69, 9.17) is 4.42 Å². The van der Waals surface area contributed by atoms with Crippen LogP contribution in [-0.4, -0.2) is 24.0 Å². The molecule has 2 aliphatic rings. The number of anilines is 1. The Morgan fingerprint density at radius 3 is 2.61 bits per heavy atom. The molecule has 2 aromatic rings. The van der Waals surface area contributed by atoms with E-state index in [2.05, 4.69) is 15.6 Å². The molecular formula is C18H21N3O2. The number of carbonyl (C=O) groups is 1. The summed E-state index contributed by atoms with van der Waals surface area (Å²) in [6.45, 7) is 2.19. The Hall–Kier alpha value is -2.14. The highest BCUT2D eigenvalue weighted by molar-refractivity contribution is 5.93. The first kappa shape index (κ1) is 14.5. The molecule has 120 valence electrons. The van der Waals surface area contributed by atoms with Gasteiger partial charge in [-0.25, -0.2) is 4.98 Å². The molecule has 5 nitrogen and oxygen atoms in total. The minimum Gasteiger partial charge on any atom is -0.444 e.